The molecule has 0 N–H and O–H groups in total. The van der Waals surface area contributed by atoms with Gasteiger partial charge in [-0.1, -0.05) is 11.6 Å². The lowest BCUT2D eigenvalue weighted by Gasteiger charge is -2.14. The van der Waals surface area contributed by atoms with Crippen LogP contribution in [-0.4, -0.2) is 45.7 Å². The van der Waals surface area contributed by atoms with Crippen molar-refractivity contribution in [3.05, 3.63) is 16.5 Å². The van der Waals surface area contributed by atoms with Crippen LogP contribution in [0.15, 0.2) is 16.3 Å². The van der Waals surface area contributed by atoms with Crippen molar-refractivity contribution in [2.75, 3.05) is 19.3 Å². The summed E-state index contributed by atoms with van der Waals surface area (Å²) >= 11 is 6.69. The number of hydrogen-bond acceptors (Lipinski definition) is 5. The number of thiophene rings is 1. The molecule has 0 bridgehead atoms. The van der Waals surface area contributed by atoms with E-state index in [9.17, 15) is 16.8 Å². The van der Waals surface area contributed by atoms with E-state index in [0.29, 0.717) is 10.8 Å². The first-order valence-electron chi connectivity index (χ1n) is 5.15. The lowest BCUT2D eigenvalue weighted by Crippen LogP contribution is -2.31. The molecule has 18 heavy (non-hydrogen) atoms. The standard InChI is InChI=1S/C9H12ClNO4S3/c1-17(12,13)7-4-5-11(6-7)18(14,15)9-3-2-8(10)16-9/h2-3,7H,4-6H2,1H3. The van der Waals surface area contributed by atoms with Gasteiger partial charge >= 0.3 is 0 Å². The third kappa shape index (κ3) is 2.72. The summed E-state index contributed by atoms with van der Waals surface area (Å²) in [5.41, 5.74) is 0. The van der Waals surface area contributed by atoms with Gasteiger partial charge in [-0.2, -0.15) is 4.31 Å². The van der Waals surface area contributed by atoms with Gasteiger partial charge in [-0.15, -0.1) is 11.3 Å². The average molecular weight is 330 g/mol. The Bertz CT molecular complexity index is 649. The van der Waals surface area contributed by atoms with E-state index in [2.05, 4.69) is 0 Å². The van der Waals surface area contributed by atoms with Gasteiger partial charge in [-0.3, -0.25) is 0 Å². The van der Waals surface area contributed by atoms with Crippen molar-refractivity contribution in [3.63, 3.8) is 0 Å². The maximum atomic E-state index is 12.2. The van der Waals surface area contributed by atoms with Crippen molar-refractivity contribution in [2.45, 2.75) is 15.9 Å². The zero-order chi connectivity index (χ0) is 13.6. The maximum Gasteiger partial charge on any atom is 0.252 e. The predicted octanol–water partition coefficient (Wildman–Crippen LogP) is 1.21. The Morgan fingerprint density at radius 2 is 2.00 bits per heavy atom. The van der Waals surface area contributed by atoms with Crippen LogP contribution in [0.5, 0.6) is 0 Å². The molecule has 1 fully saturated rings. The van der Waals surface area contributed by atoms with Crippen molar-refractivity contribution in [2.24, 2.45) is 0 Å². The molecule has 0 amide bonds. The van der Waals surface area contributed by atoms with E-state index in [1.807, 2.05) is 0 Å². The summed E-state index contributed by atoms with van der Waals surface area (Å²) in [6.45, 7) is 0.256. The van der Waals surface area contributed by atoms with Crippen LogP contribution in [0.2, 0.25) is 4.34 Å². The van der Waals surface area contributed by atoms with Gasteiger partial charge in [0.05, 0.1) is 9.59 Å². The summed E-state index contributed by atoms with van der Waals surface area (Å²) in [6, 6.07) is 2.96. The second-order valence-electron chi connectivity index (χ2n) is 4.16. The lowest BCUT2D eigenvalue weighted by molar-refractivity contribution is 0.478. The van der Waals surface area contributed by atoms with Crippen LogP contribution in [-0.2, 0) is 19.9 Å². The minimum atomic E-state index is -3.61. The number of sulfonamides is 1. The number of sulfone groups is 1. The van der Waals surface area contributed by atoms with Gasteiger partial charge in [0.1, 0.15) is 4.21 Å². The predicted molar refractivity (Wildman–Crippen MR) is 71.3 cm³/mol. The van der Waals surface area contributed by atoms with Gasteiger partial charge in [0.15, 0.2) is 9.84 Å². The van der Waals surface area contributed by atoms with Crippen LogP contribution in [0.25, 0.3) is 0 Å². The van der Waals surface area contributed by atoms with Crippen molar-refractivity contribution >= 4 is 42.8 Å². The van der Waals surface area contributed by atoms with Gasteiger partial charge in [0, 0.05) is 19.3 Å². The second-order valence-corrected chi connectivity index (χ2v) is 10.4. The fourth-order valence-electron chi connectivity index (χ4n) is 1.83. The highest BCUT2D eigenvalue weighted by Crippen LogP contribution is 2.30. The zero-order valence-corrected chi connectivity index (χ0v) is 12.7. The minimum Gasteiger partial charge on any atom is -0.229 e. The van der Waals surface area contributed by atoms with Crippen molar-refractivity contribution in [3.8, 4) is 0 Å². The van der Waals surface area contributed by atoms with E-state index in [0.717, 1.165) is 17.6 Å². The number of halogens is 1. The van der Waals surface area contributed by atoms with E-state index in [1.165, 1.54) is 16.4 Å². The first-order chi connectivity index (χ1) is 8.21. The number of nitrogens with zero attached hydrogens (tertiary/aromatic N) is 1. The normalized spacial score (nSPS) is 22.4. The van der Waals surface area contributed by atoms with Gasteiger partial charge in [-0.05, 0) is 18.6 Å². The smallest absolute Gasteiger partial charge is 0.229 e. The minimum absolute atomic E-state index is 0.0245. The molecule has 9 heteroatoms. The van der Waals surface area contributed by atoms with E-state index in [4.69, 9.17) is 11.6 Å². The van der Waals surface area contributed by atoms with Crippen molar-refractivity contribution in [1.82, 2.24) is 4.31 Å². The van der Waals surface area contributed by atoms with Crippen molar-refractivity contribution in [1.29, 1.82) is 0 Å². The molecule has 1 aliphatic rings. The third-order valence-corrected chi connectivity index (χ3v) is 8.02. The van der Waals surface area contributed by atoms with Gasteiger partial charge in [0.2, 0.25) is 0 Å². The van der Waals surface area contributed by atoms with Gasteiger partial charge in [-0.25, -0.2) is 16.8 Å². The summed E-state index contributed by atoms with van der Waals surface area (Å²) in [6.07, 6.45) is 1.48. The average Bonchev–Trinajstić information content (AvgIpc) is 2.83. The van der Waals surface area contributed by atoms with E-state index in [-0.39, 0.29) is 17.3 Å². The monoisotopic (exact) mass is 329 g/mol. The third-order valence-electron chi connectivity index (χ3n) is 2.86. The van der Waals surface area contributed by atoms with Crippen LogP contribution in [0, 0.1) is 0 Å². The van der Waals surface area contributed by atoms with Crippen molar-refractivity contribution < 1.29 is 16.8 Å². The SMILES string of the molecule is CS(=O)(=O)C1CCN(S(=O)(=O)c2ccc(Cl)s2)C1. The Balaban J connectivity index is 2.24. The van der Waals surface area contributed by atoms with Crippen LogP contribution in [0.1, 0.15) is 6.42 Å². The molecule has 0 aliphatic carbocycles. The Hall–Kier alpha value is -0.150. The molecule has 0 spiro atoms. The maximum absolute atomic E-state index is 12.2. The molecule has 1 saturated heterocycles. The van der Waals surface area contributed by atoms with E-state index in [1.54, 1.807) is 0 Å². The van der Waals surface area contributed by atoms with Gasteiger partial charge in [0.25, 0.3) is 10.0 Å². The summed E-state index contributed by atoms with van der Waals surface area (Å²) in [4.78, 5) is 0. The molecule has 0 radical (unpaired) electrons. The lowest BCUT2D eigenvalue weighted by atomic mass is 10.4. The van der Waals surface area contributed by atoms with Crippen LogP contribution < -0.4 is 0 Å². The molecular weight excluding hydrogens is 318 g/mol. The fourth-order valence-corrected chi connectivity index (χ4v) is 6.04. The number of hydrogen-bond donors (Lipinski definition) is 0. The largest absolute Gasteiger partial charge is 0.252 e. The molecule has 1 unspecified atom stereocenters. The van der Waals surface area contributed by atoms with Crippen LogP contribution in [0.3, 0.4) is 0 Å². The first-order valence-corrected chi connectivity index (χ1v) is 9.74. The summed E-state index contributed by atoms with van der Waals surface area (Å²) in [5.74, 6) is 0. The molecule has 0 saturated carbocycles. The molecule has 5 nitrogen and oxygen atoms in total. The van der Waals surface area contributed by atoms with Gasteiger partial charge < -0.3 is 0 Å². The molecular formula is C9H12ClNO4S3. The summed E-state index contributed by atoms with van der Waals surface area (Å²) in [5, 5.41) is -0.609. The molecule has 2 heterocycles. The topological polar surface area (TPSA) is 71.5 Å². The molecule has 102 valence electrons. The Morgan fingerprint density at radius 1 is 1.33 bits per heavy atom. The van der Waals surface area contributed by atoms with Crippen LogP contribution >= 0.6 is 22.9 Å². The highest BCUT2D eigenvalue weighted by molar-refractivity contribution is 7.92. The Morgan fingerprint density at radius 3 is 2.44 bits per heavy atom. The molecule has 2 rings (SSSR count). The summed E-state index contributed by atoms with van der Waals surface area (Å²) < 4.78 is 49.0. The summed E-state index contributed by atoms with van der Waals surface area (Å²) in [7, 11) is -6.81. The molecule has 1 aromatic rings. The fraction of sp³-hybridized carbons (Fsp3) is 0.556. The highest BCUT2D eigenvalue weighted by Gasteiger charge is 2.37. The Labute approximate surface area is 115 Å². The molecule has 1 aliphatic heterocycles. The highest BCUT2D eigenvalue weighted by atomic mass is 35.5. The van der Waals surface area contributed by atoms with E-state index < -0.39 is 25.1 Å². The van der Waals surface area contributed by atoms with E-state index >= 15 is 0 Å². The second kappa shape index (κ2) is 4.75. The molecule has 0 aromatic carbocycles. The molecule has 1 aromatic heterocycles. The first kappa shape index (κ1) is 14.3. The Kier molecular flexibility index (Phi) is 3.76. The van der Waals surface area contributed by atoms with Crippen LogP contribution in [0.4, 0.5) is 0 Å². The quantitative estimate of drug-likeness (QED) is 0.835. The number of rotatable bonds is 3. The molecule has 1 atom stereocenters. The zero-order valence-electron chi connectivity index (χ0n) is 9.54.